The molecule has 2 nitrogen and oxygen atoms in total. The van der Waals surface area contributed by atoms with Gasteiger partial charge >= 0.3 is 0 Å². The van der Waals surface area contributed by atoms with Crippen molar-refractivity contribution in [1.82, 2.24) is 5.32 Å². The smallest absolute Gasteiger partial charge is 0.0587 e. The highest BCUT2D eigenvalue weighted by atomic mass is 35.5. The van der Waals surface area contributed by atoms with Crippen LogP contribution in [0.3, 0.4) is 0 Å². The third-order valence-electron chi connectivity index (χ3n) is 4.37. The monoisotopic (exact) mass is 295 g/mol. The number of benzene rings is 1. The van der Waals surface area contributed by atoms with Crippen molar-refractivity contribution in [3.63, 3.8) is 0 Å². The third-order valence-corrected chi connectivity index (χ3v) is 4.71. The van der Waals surface area contributed by atoms with Gasteiger partial charge in [0.15, 0.2) is 0 Å². The molecule has 1 aliphatic rings. The Morgan fingerprint density at radius 2 is 2.00 bits per heavy atom. The first-order valence-corrected chi connectivity index (χ1v) is 8.15. The van der Waals surface area contributed by atoms with Crippen molar-refractivity contribution >= 4 is 11.6 Å². The number of methoxy groups -OCH3 is 1. The second-order valence-corrected chi connectivity index (χ2v) is 6.13. The molecule has 0 amide bonds. The van der Waals surface area contributed by atoms with Gasteiger partial charge in [-0.2, -0.15) is 0 Å². The highest BCUT2D eigenvalue weighted by molar-refractivity contribution is 6.31. The number of halogens is 1. The van der Waals surface area contributed by atoms with Crippen molar-refractivity contribution in [2.24, 2.45) is 5.92 Å². The summed E-state index contributed by atoms with van der Waals surface area (Å²) in [6, 6.07) is 8.33. The fraction of sp³-hybridized carbons (Fsp3) is 0.647. The van der Waals surface area contributed by atoms with Gasteiger partial charge in [0, 0.05) is 31.1 Å². The van der Waals surface area contributed by atoms with Crippen LogP contribution in [-0.4, -0.2) is 26.8 Å². The molecule has 1 aromatic carbocycles. The third kappa shape index (κ3) is 4.47. The van der Waals surface area contributed by atoms with Crippen molar-refractivity contribution in [2.75, 3.05) is 26.8 Å². The Hall–Kier alpha value is -0.570. The molecule has 1 N–H and O–H groups in total. The number of hydrogen-bond donors (Lipinski definition) is 1. The van der Waals surface area contributed by atoms with Crippen LogP contribution in [0.5, 0.6) is 0 Å². The summed E-state index contributed by atoms with van der Waals surface area (Å²) in [5.41, 5.74) is 1.31. The predicted molar refractivity (Wildman–Crippen MR) is 85.5 cm³/mol. The van der Waals surface area contributed by atoms with Gasteiger partial charge in [-0.3, -0.25) is 0 Å². The van der Waals surface area contributed by atoms with Crippen LogP contribution in [0.4, 0.5) is 0 Å². The molecule has 0 saturated heterocycles. The zero-order valence-corrected chi connectivity index (χ0v) is 13.2. The molecule has 112 valence electrons. The first kappa shape index (κ1) is 15.8. The maximum Gasteiger partial charge on any atom is 0.0587 e. The first-order chi connectivity index (χ1) is 9.83. The molecule has 0 bridgehead atoms. The van der Waals surface area contributed by atoms with E-state index < -0.39 is 0 Å². The summed E-state index contributed by atoms with van der Waals surface area (Å²) in [4.78, 5) is 0. The topological polar surface area (TPSA) is 21.3 Å². The lowest BCUT2D eigenvalue weighted by molar-refractivity contribution is 0.196. The normalized spacial score (nSPS) is 18.1. The molecule has 1 unspecified atom stereocenters. The second-order valence-electron chi connectivity index (χ2n) is 5.72. The van der Waals surface area contributed by atoms with E-state index in [1.807, 2.05) is 12.1 Å². The summed E-state index contributed by atoms with van der Waals surface area (Å²) in [7, 11) is 1.74. The van der Waals surface area contributed by atoms with E-state index in [4.69, 9.17) is 16.3 Å². The highest BCUT2D eigenvalue weighted by Crippen LogP contribution is 2.38. The van der Waals surface area contributed by atoms with E-state index in [2.05, 4.69) is 17.4 Å². The molecule has 0 radical (unpaired) electrons. The molecule has 1 saturated carbocycles. The Balaban J connectivity index is 2.04. The Bertz CT molecular complexity index is 390. The van der Waals surface area contributed by atoms with Crippen LogP contribution >= 0.6 is 11.6 Å². The summed E-state index contributed by atoms with van der Waals surface area (Å²) in [6.45, 7) is 2.67. The Morgan fingerprint density at radius 3 is 2.70 bits per heavy atom. The van der Waals surface area contributed by atoms with Gasteiger partial charge in [0.2, 0.25) is 0 Å². The summed E-state index contributed by atoms with van der Waals surface area (Å²) in [5, 5.41) is 4.44. The number of rotatable bonds is 7. The summed E-state index contributed by atoms with van der Waals surface area (Å²) in [5.74, 6) is 1.29. The van der Waals surface area contributed by atoms with Gasteiger partial charge in [0.05, 0.1) is 6.61 Å². The molecular formula is C17H26ClNO. The van der Waals surface area contributed by atoms with Crippen LogP contribution in [0.25, 0.3) is 0 Å². The van der Waals surface area contributed by atoms with Crippen LogP contribution < -0.4 is 5.32 Å². The summed E-state index contributed by atoms with van der Waals surface area (Å²) in [6.07, 6.45) is 6.79. The lowest BCUT2D eigenvalue weighted by atomic mass is 9.76. The molecule has 0 aliphatic heterocycles. The maximum absolute atomic E-state index is 6.43. The first-order valence-electron chi connectivity index (χ1n) is 7.77. The van der Waals surface area contributed by atoms with E-state index in [1.165, 1.54) is 37.7 Å². The quantitative estimate of drug-likeness (QED) is 0.760. The number of ether oxygens (including phenoxy) is 1. The average molecular weight is 296 g/mol. The molecule has 1 atom stereocenters. The molecular weight excluding hydrogens is 270 g/mol. The molecule has 1 aromatic rings. The van der Waals surface area contributed by atoms with Gasteiger partial charge in [-0.15, -0.1) is 0 Å². The molecule has 1 aliphatic carbocycles. The van der Waals surface area contributed by atoms with Gasteiger partial charge in [-0.05, 0) is 30.4 Å². The van der Waals surface area contributed by atoms with Crippen LogP contribution in [0.2, 0.25) is 5.02 Å². The number of nitrogens with one attached hydrogen (secondary N) is 1. The Labute approximate surface area is 127 Å². The molecule has 0 heterocycles. The molecule has 3 heteroatoms. The van der Waals surface area contributed by atoms with Crippen molar-refractivity contribution in [2.45, 2.75) is 38.0 Å². The second kappa shape index (κ2) is 8.66. The van der Waals surface area contributed by atoms with Crippen LogP contribution in [0, 0.1) is 5.92 Å². The number of hydrogen-bond acceptors (Lipinski definition) is 2. The maximum atomic E-state index is 6.43. The fourth-order valence-corrected chi connectivity index (χ4v) is 3.55. The summed E-state index contributed by atoms with van der Waals surface area (Å²) >= 11 is 6.43. The van der Waals surface area contributed by atoms with E-state index >= 15 is 0 Å². The van der Waals surface area contributed by atoms with E-state index in [0.29, 0.717) is 5.92 Å². The van der Waals surface area contributed by atoms with E-state index in [0.717, 1.165) is 30.6 Å². The lowest BCUT2D eigenvalue weighted by Gasteiger charge is -2.31. The minimum absolute atomic E-state index is 0.529. The average Bonchev–Trinajstić information content (AvgIpc) is 2.49. The van der Waals surface area contributed by atoms with Crippen molar-refractivity contribution in [1.29, 1.82) is 0 Å². The van der Waals surface area contributed by atoms with Gasteiger partial charge in [0.25, 0.3) is 0 Å². The minimum Gasteiger partial charge on any atom is -0.383 e. The van der Waals surface area contributed by atoms with E-state index in [-0.39, 0.29) is 0 Å². The SMILES string of the molecule is COCCNCC(c1ccccc1Cl)C1CCCCC1. The highest BCUT2D eigenvalue weighted by Gasteiger charge is 2.26. The van der Waals surface area contributed by atoms with E-state index in [1.54, 1.807) is 7.11 Å². The lowest BCUT2D eigenvalue weighted by Crippen LogP contribution is -2.30. The van der Waals surface area contributed by atoms with Gasteiger partial charge in [-0.1, -0.05) is 49.1 Å². The minimum atomic E-state index is 0.529. The van der Waals surface area contributed by atoms with Gasteiger partial charge in [-0.25, -0.2) is 0 Å². The zero-order valence-electron chi connectivity index (χ0n) is 12.4. The Kier molecular flexibility index (Phi) is 6.85. The molecule has 0 aromatic heterocycles. The molecule has 20 heavy (non-hydrogen) atoms. The largest absolute Gasteiger partial charge is 0.383 e. The predicted octanol–water partition coefficient (Wildman–Crippen LogP) is 4.24. The fourth-order valence-electron chi connectivity index (χ4n) is 3.27. The molecule has 0 spiro atoms. The molecule has 1 fully saturated rings. The van der Waals surface area contributed by atoms with Crippen molar-refractivity contribution < 1.29 is 4.74 Å². The van der Waals surface area contributed by atoms with Crippen LogP contribution in [0.1, 0.15) is 43.6 Å². The van der Waals surface area contributed by atoms with Crippen LogP contribution in [-0.2, 0) is 4.74 Å². The van der Waals surface area contributed by atoms with Gasteiger partial charge in [0.1, 0.15) is 0 Å². The molecule has 2 rings (SSSR count). The summed E-state index contributed by atoms with van der Waals surface area (Å²) < 4.78 is 5.11. The Morgan fingerprint density at radius 1 is 1.25 bits per heavy atom. The van der Waals surface area contributed by atoms with E-state index in [9.17, 15) is 0 Å². The standard InChI is InChI=1S/C17H26ClNO/c1-20-12-11-19-13-16(14-7-3-2-4-8-14)15-9-5-6-10-17(15)18/h5-6,9-10,14,16,19H,2-4,7-8,11-13H2,1H3. The van der Waals surface area contributed by atoms with Crippen molar-refractivity contribution in [3.05, 3.63) is 34.9 Å². The van der Waals surface area contributed by atoms with Crippen LogP contribution in [0.15, 0.2) is 24.3 Å². The zero-order chi connectivity index (χ0) is 14.2. The van der Waals surface area contributed by atoms with Crippen molar-refractivity contribution in [3.8, 4) is 0 Å². The van der Waals surface area contributed by atoms with Gasteiger partial charge < -0.3 is 10.1 Å².